The minimum Gasteiger partial charge on any atom is -0.232 e. The zero-order valence-corrected chi connectivity index (χ0v) is 12.2. The van der Waals surface area contributed by atoms with Gasteiger partial charge in [-0.1, -0.05) is 28.8 Å². The van der Waals surface area contributed by atoms with Crippen molar-refractivity contribution in [3.8, 4) is 11.4 Å². The number of hydrogen-bond acceptors (Lipinski definition) is 2. The lowest BCUT2D eigenvalue weighted by Crippen LogP contribution is -1.95. The first-order valence-corrected chi connectivity index (χ1v) is 6.43. The van der Waals surface area contributed by atoms with E-state index in [1.54, 1.807) is 0 Å². The van der Waals surface area contributed by atoms with Crippen LogP contribution in [-0.4, -0.2) is 9.97 Å². The first-order chi connectivity index (χ1) is 7.97. The van der Waals surface area contributed by atoms with Crippen molar-refractivity contribution < 1.29 is 0 Å². The fourth-order valence-corrected chi connectivity index (χ4v) is 2.15. The van der Waals surface area contributed by atoms with Gasteiger partial charge in [0.2, 0.25) is 0 Å². The van der Waals surface area contributed by atoms with Crippen molar-refractivity contribution >= 4 is 27.5 Å². The van der Waals surface area contributed by atoms with Crippen LogP contribution in [0.25, 0.3) is 11.4 Å². The first kappa shape index (κ1) is 12.5. The second-order valence-corrected chi connectivity index (χ2v) is 5.26. The van der Waals surface area contributed by atoms with Crippen LogP contribution in [0, 0.1) is 20.8 Å². The third-order valence-corrected chi connectivity index (χ3v) is 3.91. The molecule has 0 unspecified atom stereocenters. The monoisotopic (exact) mass is 310 g/mol. The molecule has 0 aliphatic heterocycles. The van der Waals surface area contributed by atoms with Gasteiger partial charge in [0.1, 0.15) is 5.15 Å². The van der Waals surface area contributed by atoms with E-state index in [-0.39, 0.29) is 0 Å². The van der Waals surface area contributed by atoms with Gasteiger partial charge < -0.3 is 0 Å². The molecule has 4 heteroatoms. The SMILES string of the molecule is Cc1cc(C)cc(-c2nc(C)c(Br)c(Cl)n2)c1. The van der Waals surface area contributed by atoms with Crippen molar-refractivity contribution in [2.45, 2.75) is 20.8 Å². The Morgan fingerprint density at radius 3 is 2.12 bits per heavy atom. The molecule has 0 aliphatic carbocycles. The van der Waals surface area contributed by atoms with Gasteiger partial charge in [-0.3, -0.25) is 0 Å². The van der Waals surface area contributed by atoms with E-state index >= 15 is 0 Å². The lowest BCUT2D eigenvalue weighted by molar-refractivity contribution is 1.09. The first-order valence-electron chi connectivity index (χ1n) is 5.25. The van der Waals surface area contributed by atoms with E-state index in [0.717, 1.165) is 15.7 Å². The molecule has 2 rings (SSSR count). The van der Waals surface area contributed by atoms with Crippen LogP contribution in [0.4, 0.5) is 0 Å². The molecule has 0 fully saturated rings. The third-order valence-electron chi connectivity index (χ3n) is 2.46. The summed E-state index contributed by atoms with van der Waals surface area (Å²) in [6, 6.07) is 6.24. The molecule has 2 aromatic rings. The molecule has 0 saturated heterocycles. The number of nitrogens with zero attached hydrogens (tertiary/aromatic N) is 2. The quantitative estimate of drug-likeness (QED) is 0.725. The highest BCUT2D eigenvalue weighted by Crippen LogP contribution is 2.27. The molecule has 1 heterocycles. The summed E-state index contributed by atoms with van der Waals surface area (Å²) in [7, 11) is 0. The highest BCUT2D eigenvalue weighted by molar-refractivity contribution is 9.10. The molecular formula is C13H12BrClN2. The Balaban J connectivity index is 2.60. The normalized spacial score (nSPS) is 10.6. The van der Waals surface area contributed by atoms with E-state index in [4.69, 9.17) is 11.6 Å². The highest BCUT2D eigenvalue weighted by Gasteiger charge is 2.09. The van der Waals surface area contributed by atoms with Gasteiger partial charge in [0.05, 0.1) is 10.2 Å². The maximum absolute atomic E-state index is 6.05. The van der Waals surface area contributed by atoms with Crippen molar-refractivity contribution in [3.05, 3.63) is 44.6 Å². The van der Waals surface area contributed by atoms with E-state index in [2.05, 4.69) is 57.9 Å². The Labute approximate surface area is 114 Å². The zero-order chi connectivity index (χ0) is 12.6. The molecule has 1 aromatic carbocycles. The largest absolute Gasteiger partial charge is 0.232 e. The second-order valence-electron chi connectivity index (χ2n) is 4.11. The summed E-state index contributed by atoms with van der Waals surface area (Å²) in [4.78, 5) is 8.74. The Bertz CT molecular complexity index is 538. The molecule has 17 heavy (non-hydrogen) atoms. The Kier molecular flexibility index (Phi) is 3.50. The summed E-state index contributed by atoms with van der Waals surface area (Å²) in [5.74, 6) is 0.669. The Morgan fingerprint density at radius 2 is 1.59 bits per heavy atom. The average Bonchev–Trinajstić information content (AvgIpc) is 2.23. The summed E-state index contributed by atoms with van der Waals surface area (Å²) in [6.07, 6.45) is 0. The number of aryl methyl sites for hydroxylation is 3. The lowest BCUT2D eigenvalue weighted by atomic mass is 10.1. The van der Waals surface area contributed by atoms with Crippen molar-refractivity contribution in [3.63, 3.8) is 0 Å². The topological polar surface area (TPSA) is 25.8 Å². The number of benzene rings is 1. The van der Waals surface area contributed by atoms with Gasteiger partial charge in [0.15, 0.2) is 5.82 Å². The van der Waals surface area contributed by atoms with Crippen molar-refractivity contribution in [1.29, 1.82) is 0 Å². The van der Waals surface area contributed by atoms with E-state index < -0.39 is 0 Å². The molecule has 0 bridgehead atoms. The highest BCUT2D eigenvalue weighted by atomic mass is 79.9. The molecule has 1 aromatic heterocycles. The fourth-order valence-electron chi connectivity index (χ4n) is 1.76. The van der Waals surface area contributed by atoms with E-state index in [9.17, 15) is 0 Å². The molecule has 0 saturated carbocycles. The minimum atomic E-state index is 0.451. The fraction of sp³-hybridized carbons (Fsp3) is 0.231. The molecule has 88 valence electrons. The van der Waals surface area contributed by atoms with Crippen molar-refractivity contribution in [2.24, 2.45) is 0 Å². The molecule has 2 nitrogen and oxygen atoms in total. The number of aromatic nitrogens is 2. The number of halogens is 2. The summed E-state index contributed by atoms with van der Waals surface area (Å²) in [5, 5.41) is 0.451. The smallest absolute Gasteiger partial charge is 0.161 e. The molecule has 0 aliphatic rings. The molecule has 0 spiro atoms. The van der Waals surface area contributed by atoms with Crippen LogP contribution in [0.1, 0.15) is 16.8 Å². The molecule has 0 radical (unpaired) electrons. The summed E-state index contributed by atoms with van der Waals surface area (Å²) in [6.45, 7) is 6.03. The van der Waals surface area contributed by atoms with E-state index in [1.165, 1.54) is 11.1 Å². The maximum atomic E-state index is 6.05. The van der Waals surface area contributed by atoms with E-state index in [0.29, 0.717) is 11.0 Å². The van der Waals surface area contributed by atoms with Crippen LogP contribution in [-0.2, 0) is 0 Å². The van der Waals surface area contributed by atoms with E-state index in [1.807, 2.05) is 6.92 Å². The van der Waals surface area contributed by atoms with Crippen LogP contribution in [0.15, 0.2) is 22.7 Å². The van der Waals surface area contributed by atoms with Gasteiger partial charge in [-0.05, 0) is 48.8 Å². The molecular weight excluding hydrogens is 300 g/mol. The standard InChI is InChI=1S/C13H12BrClN2/c1-7-4-8(2)6-10(5-7)13-16-9(3)11(14)12(15)17-13/h4-6H,1-3H3. The molecule has 0 atom stereocenters. The summed E-state index contributed by atoms with van der Waals surface area (Å²) in [5.41, 5.74) is 4.24. The van der Waals surface area contributed by atoms with Crippen LogP contribution < -0.4 is 0 Å². The molecule has 0 amide bonds. The number of rotatable bonds is 1. The van der Waals surface area contributed by atoms with Gasteiger partial charge in [-0.2, -0.15) is 0 Å². The van der Waals surface area contributed by atoms with Gasteiger partial charge in [0.25, 0.3) is 0 Å². The predicted octanol–water partition coefficient (Wildman–Crippen LogP) is 4.48. The van der Waals surface area contributed by atoms with Crippen LogP contribution in [0.5, 0.6) is 0 Å². The average molecular weight is 312 g/mol. The maximum Gasteiger partial charge on any atom is 0.161 e. The minimum absolute atomic E-state index is 0.451. The van der Waals surface area contributed by atoms with Crippen LogP contribution in [0.2, 0.25) is 5.15 Å². The van der Waals surface area contributed by atoms with Crippen LogP contribution >= 0.6 is 27.5 Å². The number of hydrogen-bond donors (Lipinski definition) is 0. The Morgan fingerprint density at radius 1 is 1.00 bits per heavy atom. The van der Waals surface area contributed by atoms with Gasteiger partial charge >= 0.3 is 0 Å². The summed E-state index contributed by atoms with van der Waals surface area (Å²) < 4.78 is 0.757. The predicted molar refractivity (Wildman–Crippen MR) is 74.4 cm³/mol. The van der Waals surface area contributed by atoms with Gasteiger partial charge in [-0.25, -0.2) is 9.97 Å². The lowest BCUT2D eigenvalue weighted by Gasteiger charge is -2.07. The molecule has 0 N–H and O–H groups in total. The van der Waals surface area contributed by atoms with Crippen molar-refractivity contribution in [1.82, 2.24) is 9.97 Å². The van der Waals surface area contributed by atoms with Gasteiger partial charge in [-0.15, -0.1) is 0 Å². The summed E-state index contributed by atoms with van der Waals surface area (Å²) >= 11 is 9.41. The van der Waals surface area contributed by atoms with Crippen LogP contribution in [0.3, 0.4) is 0 Å². The Hall–Kier alpha value is -0.930. The zero-order valence-electron chi connectivity index (χ0n) is 9.88. The van der Waals surface area contributed by atoms with Gasteiger partial charge in [0, 0.05) is 5.56 Å². The third kappa shape index (κ3) is 2.67. The second kappa shape index (κ2) is 4.75. The van der Waals surface area contributed by atoms with Crippen molar-refractivity contribution in [2.75, 3.05) is 0 Å².